The fourth-order valence-corrected chi connectivity index (χ4v) is 3.74. The van der Waals surface area contributed by atoms with Gasteiger partial charge in [-0.2, -0.15) is 8.78 Å². The molecular weight excluding hydrogens is 421 g/mol. The zero-order valence-electron chi connectivity index (χ0n) is 18.0. The average molecular weight is 446 g/mol. The summed E-state index contributed by atoms with van der Waals surface area (Å²) in [4.78, 5) is 34.0. The summed E-state index contributed by atoms with van der Waals surface area (Å²) >= 11 is 0. The Morgan fingerprint density at radius 2 is 1.97 bits per heavy atom. The second-order valence-electron chi connectivity index (χ2n) is 7.92. The molecule has 0 spiro atoms. The third-order valence-electron chi connectivity index (χ3n) is 5.37. The fourth-order valence-electron chi connectivity index (χ4n) is 3.74. The zero-order valence-corrected chi connectivity index (χ0v) is 18.0. The van der Waals surface area contributed by atoms with Crippen molar-refractivity contribution < 1.29 is 27.8 Å². The van der Waals surface area contributed by atoms with Crippen molar-refractivity contribution in [3.63, 3.8) is 0 Å². The number of carbonyl (C=O) groups excluding carboxylic acids is 2. The highest BCUT2D eigenvalue weighted by Gasteiger charge is 2.42. The number of hydrogen-bond acceptors (Lipinski definition) is 5. The molecule has 0 saturated carbocycles. The molecule has 1 aliphatic heterocycles. The van der Waals surface area contributed by atoms with Crippen LogP contribution in [-0.4, -0.2) is 67.1 Å². The van der Waals surface area contributed by atoms with E-state index in [0.29, 0.717) is 17.0 Å². The van der Waals surface area contributed by atoms with Gasteiger partial charge in [0.05, 0.1) is 31.1 Å². The van der Waals surface area contributed by atoms with E-state index in [1.165, 1.54) is 12.0 Å². The summed E-state index contributed by atoms with van der Waals surface area (Å²) < 4.78 is 35.1. The van der Waals surface area contributed by atoms with Gasteiger partial charge < -0.3 is 24.7 Å². The van der Waals surface area contributed by atoms with Gasteiger partial charge in [-0.1, -0.05) is 43.6 Å². The maximum atomic E-state index is 13.3. The summed E-state index contributed by atoms with van der Waals surface area (Å²) in [7, 11) is 6.93. The minimum atomic E-state index is -2.97. The first-order valence-electron chi connectivity index (χ1n) is 10.2. The Labute approximate surface area is 186 Å². The second kappa shape index (κ2) is 10.1. The lowest BCUT2D eigenvalue weighted by Crippen LogP contribution is -2.51. The van der Waals surface area contributed by atoms with Crippen molar-refractivity contribution in [1.82, 2.24) is 20.2 Å². The number of carbonyl (C=O) groups is 2. The van der Waals surface area contributed by atoms with Crippen LogP contribution in [0, 0.1) is 5.92 Å². The number of halogens is 2. The average Bonchev–Trinajstić information content (AvgIpc) is 3.38. The van der Waals surface area contributed by atoms with Gasteiger partial charge in [-0.15, -0.1) is 0 Å². The molecule has 8 nitrogen and oxygen atoms in total. The number of methoxy groups -OCH3 is 1. The van der Waals surface area contributed by atoms with Crippen LogP contribution in [0.5, 0.6) is 0 Å². The number of amides is 2. The third-order valence-corrected chi connectivity index (χ3v) is 5.37. The number of nitrogens with zero attached hydrogens (tertiary/aromatic N) is 2. The highest BCUT2D eigenvalue weighted by atomic mass is 19.3. The molecule has 2 heterocycles. The minimum Gasteiger partial charge on any atom is -0.453 e. The van der Waals surface area contributed by atoms with Gasteiger partial charge in [0, 0.05) is 13.0 Å². The van der Waals surface area contributed by atoms with E-state index in [1.807, 2.05) is 12.1 Å². The normalized spacial score (nSPS) is 19.4. The van der Waals surface area contributed by atoms with Crippen LogP contribution in [0.3, 0.4) is 0 Å². The molecular formula is C21H25BF2N4O4. The summed E-state index contributed by atoms with van der Waals surface area (Å²) in [6.45, 7) is 0.510. The Balaban J connectivity index is 1.88. The molecule has 0 aliphatic carbocycles. The molecule has 2 N–H and O–H groups in total. The summed E-state index contributed by atoms with van der Waals surface area (Å²) in [5.41, 5.74) is 2.14. The molecule has 3 rings (SSSR count). The molecule has 1 saturated heterocycles. The lowest BCUT2D eigenvalue weighted by Gasteiger charge is -2.29. The van der Waals surface area contributed by atoms with Crippen molar-refractivity contribution >= 4 is 25.3 Å². The highest BCUT2D eigenvalue weighted by molar-refractivity contribution is 6.32. The number of aromatic amines is 1. The van der Waals surface area contributed by atoms with E-state index in [4.69, 9.17) is 12.6 Å². The Bertz CT molecular complexity index is 938. The van der Waals surface area contributed by atoms with Crippen LogP contribution in [0.2, 0.25) is 0 Å². The smallest absolute Gasteiger partial charge is 0.407 e. The predicted molar refractivity (Wildman–Crippen MR) is 114 cm³/mol. The number of benzene rings is 1. The van der Waals surface area contributed by atoms with Gasteiger partial charge in [-0.25, -0.2) is 9.78 Å². The number of hydrogen-bond donors (Lipinski definition) is 2. The summed E-state index contributed by atoms with van der Waals surface area (Å²) in [5.74, 6) is -0.258. The van der Waals surface area contributed by atoms with Gasteiger partial charge in [0.25, 0.3) is 0 Å². The van der Waals surface area contributed by atoms with Crippen LogP contribution < -0.4 is 10.8 Å². The SMILES string of the molecule is [B]c1ccc(-c2cnc([C@@H]3C[C@H](OC(F)F)CN3C(=O)[C@@H](NC(=O)OC)C(C)C)[nH]2)cc1. The topological polar surface area (TPSA) is 96.6 Å². The molecule has 0 unspecified atom stereocenters. The summed E-state index contributed by atoms with van der Waals surface area (Å²) in [5, 5.41) is 2.52. The molecule has 1 fully saturated rings. The van der Waals surface area contributed by atoms with Crippen molar-refractivity contribution in [3.8, 4) is 11.3 Å². The molecule has 1 aromatic carbocycles. The number of likely N-dealkylation sites (tertiary alicyclic amines) is 1. The maximum absolute atomic E-state index is 13.3. The lowest BCUT2D eigenvalue weighted by molar-refractivity contribution is -0.160. The Morgan fingerprint density at radius 1 is 1.28 bits per heavy atom. The van der Waals surface area contributed by atoms with E-state index in [9.17, 15) is 18.4 Å². The first-order chi connectivity index (χ1) is 15.2. The number of alkyl carbamates (subject to hydrolysis) is 1. The van der Waals surface area contributed by atoms with Crippen LogP contribution >= 0.6 is 0 Å². The number of H-pyrrole nitrogens is 1. The van der Waals surface area contributed by atoms with Gasteiger partial charge in [-0.3, -0.25) is 4.79 Å². The van der Waals surface area contributed by atoms with Crippen molar-refractivity contribution in [2.75, 3.05) is 13.7 Å². The molecule has 170 valence electrons. The van der Waals surface area contributed by atoms with E-state index < -0.39 is 36.8 Å². The molecule has 0 bridgehead atoms. The third kappa shape index (κ3) is 5.45. The fraction of sp³-hybridized carbons (Fsp3) is 0.476. The molecule has 11 heteroatoms. The molecule has 2 aromatic rings. The van der Waals surface area contributed by atoms with Crippen LogP contribution in [0.15, 0.2) is 30.5 Å². The Morgan fingerprint density at radius 3 is 2.56 bits per heavy atom. The number of imidazole rings is 1. The molecule has 1 aliphatic rings. The van der Waals surface area contributed by atoms with Crippen LogP contribution in [0.4, 0.5) is 13.6 Å². The highest BCUT2D eigenvalue weighted by Crippen LogP contribution is 2.34. The van der Waals surface area contributed by atoms with Gasteiger partial charge in [0.2, 0.25) is 5.91 Å². The van der Waals surface area contributed by atoms with E-state index in [-0.39, 0.29) is 18.9 Å². The van der Waals surface area contributed by atoms with Crippen molar-refractivity contribution in [2.24, 2.45) is 5.92 Å². The van der Waals surface area contributed by atoms with Gasteiger partial charge >= 0.3 is 12.7 Å². The quantitative estimate of drug-likeness (QED) is 0.636. The maximum Gasteiger partial charge on any atom is 0.407 e. The van der Waals surface area contributed by atoms with E-state index in [2.05, 4.69) is 20.0 Å². The van der Waals surface area contributed by atoms with Crippen molar-refractivity contribution in [3.05, 3.63) is 36.3 Å². The number of ether oxygens (including phenoxy) is 2. The molecule has 1 aromatic heterocycles. The summed E-state index contributed by atoms with van der Waals surface area (Å²) in [6, 6.07) is 5.61. The number of rotatable bonds is 7. The minimum absolute atomic E-state index is 0.0577. The lowest BCUT2D eigenvalue weighted by atomic mass is 9.95. The van der Waals surface area contributed by atoms with E-state index in [0.717, 1.165) is 5.56 Å². The van der Waals surface area contributed by atoms with Gasteiger partial charge in [0.1, 0.15) is 19.7 Å². The van der Waals surface area contributed by atoms with Crippen molar-refractivity contribution in [1.29, 1.82) is 0 Å². The largest absolute Gasteiger partial charge is 0.453 e. The zero-order chi connectivity index (χ0) is 23.4. The molecule has 2 radical (unpaired) electrons. The monoisotopic (exact) mass is 446 g/mol. The van der Waals surface area contributed by atoms with Gasteiger partial charge in [0.15, 0.2) is 0 Å². The molecule has 32 heavy (non-hydrogen) atoms. The van der Waals surface area contributed by atoms with Crippen LogP contribution in [0.1, 0.15) is 32.1 Å². The number of alkyl halides is 2. The number of aromatic nitrogens is 2. The summed E-state index contributed by atoms with van der Waals surface area (Å²) in [6.07, 6.45) is 0.113. The second-order valence-corrected chi connectivity index (χ2v) is 7.92. The van der Waals surface area contributed by atoms with Crippen LogP contribution in [0.25, 0.3) is 11.3 Å². The molecule has 3 atom stereocenters. The Hall–Kier alpha value is -2.95. The van der Waals surface area contributed by atoms with Crippen LogP contribution in [-0.2, 0) is 14.3 Å². The van der Waals surface area contributed by atoms with Crippen molar-refractivity contribution in [2.45, 2.75) is 45.1 Å². The van der Waals surface area contributed by atoms with E-state index >= 15 is 0 Å². The first-order valence-corrected chi connectivity index (χ1v) is 10.2. The Kier molecular flexibility index (Phi) is 7.50. The standard InChI is InChI=1S/C21H25BF2N4O4/c1-11(2)17(27-21(30)31-3)19(29)28-10-14(32-20(23)24)8-16(28)18-25-9-15(26-18)12-4-6-13(22)7-5-12/h4-7,9,11,14,16-17,20H,8,10H2,1-3H3,(H,25,26)(H,27,30)/t14-,16-,17-/m0/s1. The first kappa shape index (κ1) is 23.7. The molecule has 2 amide bonds. The number of nitrogens with one attached hydrogen (secondary N) is 2. The van der Waals surface area contributed by atoms with E-state index in [1.54, 1.807) is 32.2 Å². The predicted octanol–water partition coefficient (Wildman–Crippen LogP) is 2.13. The van der Waals surface area contributed by atoms with Gasteiger partial charge in [-0.05, 0) is 11.5 Å².